The quantitative estimate of drug-likeness (QED) is 0.359. The van der Waals surface area contributed by atoms with Gasteiger partial charge in [0.2, 0.25) is 0 Å². The molecule has 6 rings (SSSR count). The minimum absolute atomic E-state index is 0.238. The van der Waals surface area contributed by atoms with Crippen LogP contribution in [0.25, 0.3) is 0 Å². The third kappa shape index (κ3) is 4.13. The normalized spacial score (nSPS) is 14.7. The van der Waals surface area contributed by atoms with Gasteiger partial charge in [0, 0.05) is 43.6 Å². The van der Waals surface area contributed by atoms with Crippen molar-refractivity contribution in [2.75, 3.05) is 0 Å². The van der Waals surface area contributed by atoms with Crippen LogP contribution in [0.1, 0.15) is 22.3 Å². The maximum Gasteiger partial charge on any atom is 0.273 e. The first kappa shape index (κ1) is 17.3. The smallest absolute Gasteiger partial charge is 0.258 e. The van der Waals surface area contributed by atoms with Crippen LogP contribution < -0.4 is 0 Å². The van der Waals surface area contributed by atoms with Crippen LogP contribution in [0.5, 0.6) is 0 Å². The molecule has 2 aromatic carbocycles. The molecule has 0 atom stereocenters. The number of thioether (sulfide) groups is 2. The van der Waals surface area contributed by atoms with E-state index in [1.807, 2.05) is 12.1 Å². The number of nitrogens with zero attached hydrogens (tertiary/aromatic N) is 1. The van der Waals surface area contributed by atoms with Crippen LogP contribution in [0.3, 0.4) is 0 Å². The molecule has 0 radical (unpaired) electrons. The number of nitro groups is 1. The summed E-state index contributed by atoms with van der Waals surface area (Å²) >= 11 is 10.8. The maximum atomic E-state index is 11.3. The van der Waals surface area contributed by atoms with Gasteiger partial charge in [-0.15, -0.1) is 0 Å². The molecule has 0 unspecified atom stereocenters. The molecule has 0 N–H and O–H groups in total. The standard InChI is InChI=1S/C16H13Br2NO2S2/c17-14-5-13-9-23-7-11-2-1-10(3-16(11)19(20)21)6-22-8-12(14)4-15(13)18/h1-5H,6-9H2. The fourth-order valence-corrected chi connectivity index (χ4v) is 5.83. The van der Waals surface area contributed by atoms with Crippen LogP contribution in [-0.2, 0) is 23.0 Å². The minimum atomic E-state index is -0.268. The van der Waals surface area contributed by atoms with E-state index in [0.29, 0.717) is 5.75 Å². The molecule has 0 spiro atoms. The highest BCUT2D eigenvalue weighted by Crippen LogP contribution is 2.34. The first-order chi connectivity index (χ1) is 11.0. The Morgan fingerprint density at radius 2 is 1.43 bits per heavy atom. The fourth-order valence-electron chi connectivity index (χ4n) is 2.39. The Hall–Kier alpha value is -0.500. The van der Waals surface area contributed by atoms with E-state index in [1.165, 1.54) is 11.1 Å². The van der Waals surface area contributed by atoms with Gasteiger partial charge in [-0.3, -0.25) is 10.1 Å². The summed E-state index contributed by atoms with van der Waals surface area (Å²) < 4.78 is 2.23. The molecule has 120 valence electrons. The van der Waals surface area contributed by atoms with Crippen LogP contribution in [-0.4, -0.2) is 4.92 Å². The molecule has 2 aromatic rings. The van der Waals surface area contributed by atoms with Crippen LogP contribution in [0.4, 0.5) is 5.69 Å². The van der Waals surface area contributed by atoms with Crippen LogP contribution >= 0.6 is 55.4 Å². The summed E-state index contributed by atoms with van der Waals surface area (Å²) in [6.07, 6.45) is 0. The first-order valence-electron chi connectivity index (χ1n) is 6.93. The highest BCUT2D eigenvalue weighted by atomic mass is 79.9. The van der Waals surface area contributed by atoms with Crippen molar-refractivity contribution in [1.29, 1.82) is 0 Å². The summed E-state index contributed by atoms with van der Waals surface area (Å²) in [7, 11) is 0. The molecule has 0 aromatic heterocycles. The van der Waals surface area contributed by atoms with Crippen LogP contribution in [0.15, 0.2) is 39.3 Å². The second kappa shape index (κ2) is 7.59. The van der Waals surface area contributed by atoms with Crippen molar-refractivity contribution in [3.63, 3.8) is 0 Å². The highest BCUT2D eigenvalue weighted by molar-refractivity contribution is 9.11. The van der Waals surface area contributed by atoms with Gasteiger partial charge in [0.05, 0.1) is 4.92 Å². The Morgan fingerprint density at radius 3 is 2.04 bits per heavy atom. The van der Waals surface area contributed by atoms with Gasteiger partial charge in [-0.1, -0.05) is 44.0 Å². The maximum absolute atomic E-state index is 11.3. The Kier molecular flexibility index (Phi) is 5.72. The van der Waals surface area contributed by atoms with Crippen molar-refractivity contribution in [1.82, 2.24) is 0 Å². The van der Waals surface area contributed by atoms with Crippen molar-refractivity contribution in [3.8, 4) is 0 Å². The number of hydrogen-bond acceptors (Lipinski definition) is 4. The summed E-state index contributed by atoms with van der Waals surface area (Å²) in [6.45, 7) is 0. The van der Waals surface area contributed by atoms with E-state index in [1.54, 1.807) is 29.6 Å². The molecule has 0 amide bonds. The Morgan fingerprint density at radius 1 is 0.870 bits per heavy atom. The van der Waals surface area contributed by atoms with Crippen LogP contribution in [0, 0.1) is 10.1 Å². The van der Waals surface area contributed by atoms with E-state index in [9.17, 15) is 10.1 Å². The van der Waals surface area contributed by atoms with Crippen molar-refractivity contribution >= 4 is 61.1 Å². The third-order valence-electron chi connectivity index (χ3n) is 3.60. The lowest BCUT2D eigenvalue weighted by molar-refractivity contribution is -0.385. The van der Waals surface area contributed by atoms with E-state index >= 15 is 0 Å². The Labute approximate surface area is 160 Å². The number of benzene rings is 2. The lowest BCUT2D eigenvalue weighted by Crippen LogP contribution is -1.98. The molecule has 0 saturated heterocycles. The van der Waals surface area contributed by atoms with Gasteiger partial charge < -0.3 is 0 Å². The summed E-state index contributed by atoms with van der Waals surface area (Å²) in [5, 5.41) is 11.3. The monoisotopic (exact) mass is 473 g/mol. The number of halogens is 2. The summed E-state index contributed by atoms with van der Waals surface area (Å²) in [5.74, 6) is 3.07. The van der Waals surface area contributed by atoms with Gasteiger partial charge in [-0.25, -0.2) is 0 Å². The minimum Gasteiger partial charge on any atom is -0.258 e. The van der Waals surface area contributed by atoms with E-state index in [4.69, 9.17) is 0 Å². The number of hydrogen-bond donors (Lipinski definition) is 0. The van der Waals surface area contributed by atoms with E-state index < -0.39 is 0 Å². The zero-order chi connectivity index (χ0) is 16.4. The Balaban J connectivity index is 1.96. The van der Waals surface area contributed by atoms with Crippen LogP contribution in [0.2, 0.25) is 0 Å². The predicted molar refractivity (Wildman–Crippen MR) is 105 cm³/mol. The number of nitro benzene ring substituents is 1. The lowest BCUT2D eigenvalue weighted by atomic mass is 10.1. The lowest BCUT2D eigenvalue weighted by Gasteiger charge is -2.12. The molecule has 4 aliphatic rings. The summed E-state index contributed by atoms with van der Waals surface area (Å²) in [6, 6.07) is 9.95. The molecule has 0 aliphatic carbocycles. The summed E-state index contributed by atoms with van der Waals surface area (Å²) in [4.78, 5) is 11.1. The average molecular weight is 475 g/mol. The van der Waals surface area contributed by atoms with E-state index in [0.717, 1.165) is 37.3 Å². The highest BCUT2D eigenvalue weighted by Gasteiger charge is 2.16. The first-order valence-corrected chi connectivity index (χ1v) is 10.8. The second-order valence-corrected chi connectivity index (χ2v) is 8.92. The fraction of sp³-hybridized carbons (Fsp3) is 0.250. The largest absolute Gasteiger partial charge is 0.273 e. The molecule has 7 heteroatoms. The molecule has 23 heavy (non-hydrogen) atoms. The molecular weight excluding hydrogens is 462 g/mol. The van der Waals surface area contributed by atoms with E-state index in [-0.39, 0.29) is 10.6 Å². The van der Waals surface area contributed by atoms with Crippen molar-refractivity contribution in [2.24, 2.45) is 0 Å². The predicted octanol–water partition coefficient (Wildman–Crippen LogP) is 6.30. The summed E-state index contributed by atoms with van der Waals surface area (Å²) in [5.41, 5.74) is 4.46. The van der Waals surface area contributed by atoms with Gasteiger partial charge in [-0.05, 0) is 28.8 Å². The SMILES string of the molecule is O=[N+]([O-])c1cc2ccc1CSCc1cc(Br)c(cc1Br)CSC2. The van der Waals surface area contributed by atoms with Gasteiger partial charge in [0.25, 0.3) is 5.69 Å². The molecule has 4 aliphatic heterocycles. The second-order valence-electron chi connectivity index (χ2n) is 5.24. The zero-order valence-electron chi connectivity index (χ0n) is 12.1. The Bertz CT molecular complexity index is 768. The molecule has 0 saturated carbocycles. The van der Waals surface area contributed by atoms with Crippen molar-refractivity contribution in [3.05, 3.63) is 71.6 Å². The molecule has 0 fully saturated rings. The van der Waals surface area contributed by atoms with Gasteiger partial charge in [0.15, 0.2) is 0 Å². The van der Waals surface area contributed by atoms with Crippen molar-refractivity contribution in [2.45, 2.75) is 23.0 Å². The van der Waals surface area contributed by atoms with Gasteiger partial charge >= 0.3 is 0 Å². The molecule has 4 bridgehead atoms. The van der Waals surface area contributed by atoms with Crippen molar-refractivity contribution < 1.29 is 4.92 Å². The topological polar surface area (TPSA) is 43.1 Å². The third-order valence-corrected chi connectivity index (χ3v) is 7.16. The number of rotatable bonds is 1. The average Bonchev–Trinajstić information content (AvgIpc) is 2.52. The molecule has 4 heterocycles. The zero-order valence-corrected chi connectivity index (χ0v) is 16.9. The van der Waals surface area contributed by atoms with Gasteiger partial charge in [-0.2, -0.15) is 23.5 Å². The van der Waals surface area contributed by atoms with Gasteiger partial charge in [0.1, 0.15) is 0 Å². The molecule has 3 nitrogen and oxygen atoms in total. The molecular formula is C16H13Br2NO2S2. The van der Waals surface area contributed by atoms with E-state index in [2.05, 4.69) is 44.0 Å².